The highest BCUT2D eigenvalue weighted by atomic mass is 32.2. The first kappa shape index (κ1) is 20.6. The van der Waals surface area contributed by atoms with Gasteiger partial charge < -0.3 is 9.73 Å². The Morgan fingerprint density at radius 1 is 1.19 bits per heavy atom. The second-order valence-corrected chi connectivity index (χ2v) is 7.85. The van der Waals surface area contributed by atoms with E-state index in [1.807, 2.05) is 0 Å². The Hall–Kier alpha value is -3.64. The SMILES string of the molecule is O=C(CSc1nnc(-c2cccc([N+](=O)[O-])c2)o1)Nc1nc(-c2ccc(F)cc2)cs1. The van der Waals surface area contributed by atoms with Crippen molar-refractivity contribution in [2.75, 3.05) is 11.1 Å². The van der Waals surface area contributed by atoms with Gasteiger partial charge in [0, 0.05) is 28.6 Å². The normalized spacial score (nSPS) is 10.7. The summed E-state index contributed by atoms with van der Waals surface area (Å²) in [5.74, 6) is -0.531. The maximum absolute atomic E-state index is 13.0. The van der Waals surface area contributed by atoms with Gasteiger partial charge in [-0.3, -0.25) is 14.9 Å². The number of nitrogens with one attached hydrogen (secondary N) is 1. The number of hydrogen-bond acceptors (Lipinski definition) is 9. The first-order chi connectivity index (χ1) is 15.0. The fraction of sp³-hybridized carbons (Fsp3) is 0.0526. The molecule has 4 rings (SSSR count). The number of nitro benzene ring substituents is 1. The summed E-state index contributed by atoms with van der Waals surface area (Å²) in [6.07, 6.45) is 0. The summed E-state index contributed by atoms with van der Waals surface area (Å²) in [5.41, 5.74) is 1.69. The smallest absolute Gasteiger partial charge is 0.277 e. The maximum atomic E-state index is 13.0. The lowest BCUT2D eigenvalue weighted by molar-refractivity contribution is -0.384. The van der Waals surface area contributed by atoms with Gasteiger partial charge in [0.25, 0.3) is 10.9 Å². The number of nitrogens with zero attached hydrogens (tertiary/aromatic N) is 4. The van der Waals surface area contributed by atoms with Crippen LogP contribution in [0.4, 0.5) is 15.2 Å². The Labute approximate surface area is 182 Å². The highest BCUT2D eigenvalue weighted by Gasteiger charge is 2.15. The van der Waals surface area contributed by atoms with Crippen LogP contribution in [-0.2, 0) is 4.79 Å². The van der Waals surface area contributed by atoms with Crippen molar-refractivity contribution in [2.45, 2.75) is 5.22 Å². The first-order valence-corrected chi connectivity index (χ1v) is 10.6. The zero-order chi connectivity index (χ0) is 21.8. The maximum Gasteiger partial charge on any atom is 0.277 e. The Morgan fingerprint density at radius 3 is 2.77 bits per heavy atom. The molecule has 1 amide bonds. The van der Waals surface area contributed by atoms with Crippen molar-refractivity contribution in [3.63, 3.8) is 0 Å². The number of anilines is 1. The Balaban J connectivity index is 1.34. The molecule has 0 radical (unpaired) electrons. The second-order valence-electron chi connectivity index (χ2n) is 6.06. The minimum Gasteiger partial charge on any atom is -0.411 e. The van der Waals surface area contributed by atoms with Crippen molar-refractivity contribution in [3.8, 4) is 22.7 Å². The number of aromatic nitrogens is 3. The van der Waals surface area contributed by atoms with E-state index in [1.54, 1.807) is 23.6 Å². The molecule has 1 N–H and O–H groups in total. The number of rotatable bonds is 7. The second kappa shape index (κ2) is 9.02. The summed E-state index contributed by atoms with van der Waals surface area (Å²) >= 11 is 2.28. The number of carbonyl (C=O) groups excluding carboxylic acids is 1. The minimum atomic E-state index is -0.514. The van der Waals surface area contributed by atoms with E-state index in [9.17, 15) is 19.3 Å². The number of thiazole rings is 1. The molecule has 0 fully saturated rings. The van der Waals surface area contributed by atoms with Gasteiger partial charge in [-0.2, -0.15) is 0 Å². The van der Waals surface area contributed by atoms with Crippen LogP contribution in [0.3, 0.4) is 0 Å². The van der Waals surface area contributed by atoms with Crippen molar-refractivity contribution in [2.24, 2.45) is 0 Å². The fourth-order valence-electron chi connectivity index (χ4n) is 2.50. The van der Waals surface area contributed by atoms with E-state index >= 15 is 0 Å². The molecule has 12 heteroatoms. The van der Waals surface area contributed by atoms with Crippen molar-refractivity contribution in [1.82, 2.24) is 15.2 Å². The van der Waals surface area contributed by atoms with Crippen molar-refractivity contribution < 1.29 is 18.5 Å². The van der Waals surface area contributed by atoms with Gasteiger partial charge in [-0.15, -0.1) is 21.5 Å². The van der Waals surface area contributed by atoms with E-state index in [4.69, 9.17) is 4.42 Å². The number of nitro groups is 1. The largest absolute Gasteiger partial charge is 0.411 e. The molecule has 0 spiro atoms. The topological polar surface area (TPSA) is 124 Å². The van der Waals surface area contributed by atoms with E-state index in [2.05, 4.69) is 20.5 Å². The molecule has 0 aliphatic rings. The third-order valence-electron chi connectivity index (χ3n) is 3.93. The lowest BCUT2D eigenvalue weighted by Gasteiger charge is -1.99. The van der Waals surface area contributed by atoms with Gasteiger partial charge in [0.2, 0.25) is 11.8 Å². The highest BCUT2D eigenvalue weighted by Crippen LogP contribution is 2.27. The quantitative estimate of drug-likeness (QED) is 0.242. The highest BCUT2D eigenvalue weighted by molar-refractivity contribution is 7.99. The molecule has 2 aromatic carbocycles. The molecule has 0 aliphatic carbocycles. The van der Waals surface area contributed by atoms with Crippen LogP contribution < -0.4 is 5.32 Å². The van der Waals surface area contributed by atoms with E-state index in [1.165, 1.54) is 41.7 Å². The molecule has 0 unspecified atom stereocenters. The molecule has 0 aliphatic heterocycles. The van der Waals surface area contributed by atoms with Gasteiger partial charge in [0.15, 0.2) is 5.13 Å². The van der Waals surface area contributed by atoms with Crippen LogP contribution in [0.5, 0.6) is 0 Å². The molecule has 4 aromatic rings. The lowest BCUT2D eigenvalue weighted by atomic mass is 10.2. The van der Waals surface area contributed by atoms with Gasteiger partial charge in [0.05, 0.1) is 16.4 Å². The molecule has 0 saturated heterocycles. The van der Waals surface area contributed by atoms with Crippen molar-refractivity contribution in [3.05, 3.63) is 69.8 Å². The van der Waals surface area contributed by atoms with Crippen LogP contribution in [0.2, 0.25) is 0 Å². The molecule has 0 saturated carbocycles. The summed E-state index contributed by atoms with van der Waals surface area (Å²) in [6.45, 7) is 0. The van der Waals surface area contributed by atoms with Crippen LogP contribution in [0.15, 0.2) is 63.6 Å². The summed E-state index contributed by atoms with van der Waals surface area (Å²) in [4.78, 5) is 26.9. The van der Waals surface area contributed by atoms with Crippen molar-refractivity contribution in [1.29, 1.82) is 0 Å². The van der Waals surface area contributed by atoms with Crippen molar-refractivity contribution >= 4 is 39.8 Å². The average molecular weight is 457 g/mol. The Kier molecular flexibility index (Phi) is 6.00. The fourth-order valence-corrected chi connectivity index (χ4v) is 3.80. The van der Waals surface area contributed by atoms with Gasteiger partial charge >= 0.3 is 0 Å². The van der Waals surface area contributed by atoms with Gasteiger partial charge in [0.1, 0.15) is 5.82 Å². The predicted molar refractivity (Wildman–Crippen MR) is 113 cm³/mol. The number of non-ortho nitro benzene ring substituents is 1. The molecule has 156 valence electrons. The molecular weight excluding hydrogens is 445 g/mol. The number of halogens is 1. The number of carbonyl (C=O) groups is 1. The molecule has 2 heterocycles. The van der Waals surface area contributed by atoms with Crippen LogP contribution in [0, 0.1) is 15.9 Å². The van der Waals surface area contributed by atoms with Gasteiger partial charge in [-0.05, 0) is 30.3 Å². The summed E-state index contributed by atoms with van der Waals surface area (Å²) in [6, 6.07) is 11.7. The molecule has 0 atom stereocenters. The summed E-state index contributed by atoms with van der Waals surface area (Å²) in [7, 11) is 0. The minimum absolute atomic E-state index is 0.00202. The van der Waals surface area contributed by atoms with Gasteiger partial charge in [-0.25, -0.2) is 9.37 Å². The van der Waals surface area contributed by atoms with E-state index in [0.717, 1.165) is 17.3 Å². The monoisotopic (exact) mass is 457 g/mol. The van der Waals surface area contributed by atoms with Crippen LogP contribution in [0.1, 0.15) is 0 Å². The average Bonchev–Trinajstić information content (AvgIpc) is 3.43. The summed E-state index contributed by atoms with van der Waals surface area (Å²) in [5, 5.41) is 23.6. The number of thioether (sulfide) groups is 1. The standard InChI is InChI=1S/C19H12FN5O4S2/c20-13-6-4-11(5-7-13)15-9-30-18(21-15)22-16(26)10-31-19-24-23-17(29-19)12-2-1-3-14(8-12)25(27)28/h1-9H,10H2,(H,21,22,26). The molecule has 0 bridgehead atoms. The number of benzene rings is 2. The Morgan fingerprint density at radius 2 is 2.00 bits per heavy atom. The molecule has 2 aromatic heterocycles. The van der Waals surface area contributed by atoms with E-state index < -0.39 is 4.92 Å². The molecular formula is C19H12FN5O4S2. The zero-order valence-corrected chi connectivity index (χ0v) is 17.2. The molecule has 9 nitrogen and oxygen atoms in total. The third-order valence-corrected chi connectivity index (χ3v) is 5.50. The van der Waals surface area contributed by atoms with E-state index in [0.29, 0.717) is 16.4 Å². The summed E-state index contributed by atoms with van der Waals surface area (Å²) < 4.78 is 18.5. The number of amides is 1. The van der Waals surface area contributed by atoms with Crippen LogP contribution >= 0.6 is 23.1 Å². The number of hydrogen-bond donors (Lipinski definition) is 1. The third kappa shape index (κ3) is 5.10. The van der Waals surface area contributed by atoms with E-state index in [-0.39, 0.29) is 34.3 Å². The van der Waals surface area contributed by atoms with Crippen LogP contribution in [0.25, 0.3) is 22.7 Å². The molecule has 31 heavy (non-hydrogen) atoms. The lowest BCUT2D eigenvalue weighted by Crippen LogP contribution is -2.13. The zero-order valence-electron chi connectivity index (χ0n) is 15.5. The van der Waals surface area contributed by atoms with Crippen LogP contribution in [-0.4, -0.2) is 31.8 Å². The first-order valence-electron chi connectivity index (χ1n) is 8.70. The predicted octanol–water partition coefficient (Wildman–Crippen LogP) is 4.64. The Bertz CT molecular complexity index is 1240. The van der Waals surface area contributed by atoms with Gasteiger partial charge in [-0.1, -0.05) is 17.8 Å².